The van der Waals surface area contributed by atoms with Crippen LogP contribution in [0.3, 0.4) is 0 Å². The molecule has 0 aromatic rings. The van der Waals surface area contributed by atoms with Crippen LogP contribution in [0.15, 0.2) is 0 Å². The monoisotopic (exact) mass is 211 g/mol. The Morgan fingerprint density at radius 1 is 1.53 bits per heavy atom. The molecule has 1 saturated carbocycles. The first kappa shape index (κ1) is 10.3. The highest BCUT2D eigenvalue weighted by Gasteiger charge is 2.23. The molecule has 0 aromatic carbocycles. The molecule has 15 heavy (non-hydrogen) atoms. The maximum absolute atomic E-state index is 11.3. The molecule has 1 heterocycles. The molecule has 3 amide bonds. The van der Waals surface area contributed by atoms with E-state index in [2.05, 4.69) is 10.6 Å². The van der Waals surface area contributed by atoms with Gasteiger partial charge in [0.15, 0.2) is 0 Å². The second kappa shape index (κ2) is 4.51. The molecule has 2 N–H and O–H groups in total. The van der Waals surface area contributed by atoms with Gasteiger partial charge in [-0.3, -0.25) is 4.79 Å². The summed E-state index contributed by atoms with van der Waals surface area (Å²) in [5.74, 6) is 0.122. The van der Waals surface area contributed by atoms with E-state index in [4.69, 9.17) is 0 Å². The smallest absolute Gasteiger partial charge is 0.317 e. The molecule has 2 rings (SSSR count). The third-order valence-corrected chi connectivity index (χ3v) is 2.72. The Hall–Kier alpha value is -1.26. The van der Waals surface area contributed by atoms with Crippen molar-refractivity contribution in [2.75, 3.05) is 19.6 Å². The second-order valence-corrected chi connectivity index (χ2v) is 4.16. The number of carbonyl (C=O) groups is 2. The molecule has 5 nitrogen and oxygen atoms in total. The Bertz CT molecular complexity index is 263. The lowest BCUT2D eigenvalue weighted by molar-refractivity contribution is -0.121. The van der Waals surface area contributed by atoms with Crippen LogP contribution in [0, 0.1) is 0 Å². The summed E-state index contributed by atoms with van der Waals surface area (Å²) in [5.41, 5.74) is 0. The number of urea groups is 1. The fraction of sp³-hybridized carbons (Fsp3) is 0.800. The molecule has 0 bridgehead atoms. The van der Waals surface area contributed by atoms with Gasteiger partial charge in [-0.2, -0.15) is 0 Å². The summed E-state index contributed by atoms with van der Waals surface area (Å²) in [5, 5.41) is 5.67. The average molecular weight is 211 g/mol. The average Bonchev–Trinajstić information content (AvgIpc) is 2.91. The first-order valence-corrected chi connectivity index (χ1v) is 5.58. The molecular formula is C10H17N3O2. The maximum Gasteiger partial charge on any atom is 0.317 e. The van der Waals surface area contributed by atoms with E-state index in [0.717, 1.165) is 32.4 Å². The minimum Gasteiger partial charge on any atom is -0.353 e. The van der Waals surface area contributed by atoms with Crippen LogP contribution in [0.2, 0.25) is 0 Å². The van der Waals surface area contributed by atoms with E-state index < -0.39 is 0 Å². The number of hydrogen-bond acceptors (Lipinski definition) is 2. The molecule has 1 aliphatic carbocycles. The van der Waals surface area contributed by atoms with Gasteiger partial charge in [-0.1, -0.05) is 0 Å². The van der Waals surface area contributed by atoms with Gasteiger partial charge in [-0.25, -0.2) is 4.79 Å². The van der Waals surface area contributed by atoms with Gasteiger partial charge in [0.25, 0.3) is 0 Å². The van der Waals surface area contributed by atoms with E-state index in [1.165, 1.54) is 0 Å². The zero-order valence-electron chi connectivity index (χ0n) is 8.79. The lowest BCUT2D eigenvalue weighted by Crippen LogP contribution is -2.30. The SMILES string of the molecule is O=C(CCCN1CCNC1=O)NC1CC1. The van der Waals surface area contributed by atoms with Gasteiger partial charge in [-0.15, -0.1) is 0 Å². The Morgan fingerprint density at radius 2 is 2.33 bits per heavy atom. The van der Waals surface area contributed by atoms with E-state index in [9.17, 15) is 9.59 Å². The number of hydrogen-bond donors (Lipinski definition) is 2. The second-order valence-electron chi connectivity index (χ2n) is 4.16. The zero-order valence-corrected chi connectivity index (χ0v) is 8.79. The van der Waals surface area contributed by atoms with Crippen molar-refractivity contribution in [3.05, 3.63) is 0 Å². The summed E-state index contributed by atoms with van der Waals surface area (Å²) in [6, 6.07) is 0.435. The van der Waals surface area contributed by atoms with E-state index in [1.54, 1.807) is 4.90 Å². The van der Waals surface area contributed by atoms with Crippen molar-refractivity contribution in [1.82, 2.24) is 15.5 Å². The summed E-state index contributed by atoms with van der Waals surface area (Å²) in [6.07, 6.45) is 3.53. The van der Waals surface area contributed by atoms with Gasteiger partial charge >= 0.3 is 6.03 Å². The highest BCUT2D eigenvalue weighted by Crippen LogP contribution is 2.18. The molecule has 0 unspecified atom stereocenters. The first-order valence-electron chi connectivity index (χ1n) is 5.58. The third kappa shape index (κ3) is 3.11. The highest BCUT2D eigenvalue weighted by molar-refractivity contribution is 5.77. The fourth-order valence-electron chi connectivity index (χ4n) is 1.68. The largest absolute Gasteiger partial charge is 0.353 e. The Morgan fingerprint density at radius 3 is 2.93 bits per heavy atom. The van der Waals surface area contributed by atoms with Crippen LogP contribution in [0.1, 0.15) is 25.7 Å². The zero-order chi connectivity index (χ0) is 10.7. The molecule has 5 heteroatoms. The van der Waals surface area contributed by atoms with E-state index in [-0.39, 0.29) is 11.9 Å². The minimum atomic E-state index is -0.00222. The van der Waals surface area contributed by atoms with Crippen molar-refractivity contribution < 1.29 is 9.59 Å². The highest BCUT2D eigenvalue weighted by atomic mass is 16.2. The van der Waals surface area contributed by atoms with E-state index in [0.29, 0.717) is 19.0 Å². The van der Waals surface area contributed by atoms with Gasteiger partial charge in [0.1, 0.15) is 0 Å². The van der Waals surface area contributed by atoms with Gasteiger partial charge in [0, 0.05) is 32.1 Å². The van der Waals surface area contributed by atoms with Crippen molar-refractivity contribution in [3.8, 4) is 0 Å². The molecule has 1 saturated heterocycles. The summed E-state index contributed by atoms with van der Waals surface area (Å²) >= 11 is 0. The summed E-state index contributed by atoms with van der Waals surface area (Å²) < 4.78 is 0. The van der Waals surface area contributed by atoms with Gasteiger partial charge in [0.05, 0.1) is 0 Å². The maximum atomic E-state index is 11.3. The van der Waals surface area contributed by atoms with Crippen molar-refractivity contribution >= 4 is 11.9 Å². The number of amides is 3. The van der Waals surface area contributed by atoms with Crippen LogP contribution < -0.4 is 10.6 Å². The predicted octanol–water partition coefficient (Wildman–Crippen LogP) is 0.0704. The lowest BCUT2D eigenvalue weighted by atomic mass is 10.3. The number of rotatable bonds is 5. The van der Waals surface area contributed by atoms with E-state index in [1.807, 2.05) is 0 Å². The summed E-state index contributed by atoms with van der Waals surface area (Å²) in [7, 11) is 0. The molecule has 0 radical (unpaired) electrons. The van der Waals surface area contributed by atoms with Crippen LogP contribution in [0.5, 0.6) is 0 Å². The normalized spacial score (nSPS) is 20.3. The number of carbonyl (C=O) groups excluding carboxylic acids is 2. The Labute approximate surface area is 89.2 Å². The van der Waals surface area contributed by atoms with Gasteiger partial charge in [-0.05, 0) is 19.3 Å². The predicted molar refractivity (Wildman–Crippen MR) is 55.4 cm³/mol. The van der Waals surface area contributed by atoms with Gasteiger partial charge < -0.3 is 15.5 Å². The molecule has 0 atom stereocenters. The van der Waals surface area contributed by atoms with Crippen LogP contribution in [0.25, 0.3) is 0 Å². The minimum absolute atomic E-state index is 0.00222. The molecule has 0 spiro atoms. The molecular weight excluding hydrogens is 194 g/mol. The van der Waals surface area contributed by atoms with Crippen molar-refractivity contribution in [3.63, 3.8) is 0 Å². The molecule has 0 aromatic heterocycles. The Kier molecular flexibility index (Phi) is 3.08. The first-order chi connectivity index (χ1) is 7.25. The van der Waals surface area contributed by atoms with Crippen LogP contribution in [-0.4, -0.2) is 42.5 Å². The molecule has 1 aliphatic heterocycles. The lowest BCUT2D eigenvalue weighted by Gasteiger charge is -2.13. The molecule has 2 aliphatic rings. The van der Waals surface area contributed by atoms with Gasteiger partial charge in [0.2, 0.25) is 5.91 Å². The number of nitrogens with one attached hydrogen (secondary N) is 2. The molecule has 2 fully saturated rings. The van der Waals surface area contributed by atoms with Crippen molar-refractivity contribution in [2.45, 2.75) is 31.7 Å². The standard InChI is InChI=1S/C10H17N3O2/c14-9(12-8-3-4-8)2-1-6-13-7-5-11-10(13)15/h8H,1-7H2,(H,11,15)(H,12,14). The van der Waals surface area contributed by atoms with Crippen LogP contribution >= 0.6 is 0 Å². The van der Waals surface area contributed by atoms with Crippen LogP contribution in [0.4, 0.5) is 4.79 Å². The number of nitrogens with zero attached hydrogens (tertiary/aromatic N) is 1. The molecule has 84 valence electrons. The quantitative estimate of drug-likeness (QED) is 0.676. The van der Waals surface area contributed by atoms with Crippen LogP contribution in [-0.2, 0) is 4.79 Å². The van der Waals surface area contributed by atoms with Crippen molar-refractivity contribution in [1.29, 1.82) is 0 Å². The summed E-state index contributed by atoms with van der Waals surface area (Å²) in [4.78, 5) is 24.2. The fourth-order valence-corrected chi connectivity index (χ4v) is 1.68. The van der Waals surface area contributed by atoms with E-state index >= 15 is 0 Å². The third-order valence-electron chi connectivity index (χ3n) is 2.72. The van der Waals surface area contributed by atoms with Crippen molar-refractivity contribution in [2.24, 2.45) is 0 Å². The Balaban J connectivity index is 1.57. The topological polar surface area (TPSA) is 61.4 Å². The summed E-state index contributed by atoms with van der Waals surface area (Å²) in [6.45, 7) is 2.18.